The maximum atomic E-state index is 12.1. The maximum absolute atomic E-state index is 12.1. The molecular weight excluding hydrogens is 426 g/mol. The number of urea groups is 1. The van der Waals surface area contributed by atoms with Crippen LogP contribution in [0.5, 0.6) is 5.75 Å². The molecule has 1 aromatic heterocycles. The maximum Gasteiger partial charge on any atom is 0.341 e. The number of likely N-dealkylation sites (tertiary alicyclic amines) is 1. The fourth-order valence-electron chi connectivity index (χ4n) is 4.69. The number of amides is 2. The first-order valence-corrected chi connectivity index (χ1v) is 11.5. The van der Waals surface area contributed by atoms with Crippen LogP contribution in [-0.4, -0.2) is 41.2 Å². The molecule has 2 aromatic carbocycles. The number of benzene rings is 2. The van der Waals surface area contributed by atoms with Crippen molar-refractivity contribution in [3.05, 3.63) is 59.2 Å². The fourth-order valence-corrected chi connectivity index (χ4v) is 5.02. The summed E-state index contributed by atoms with van der Waals surface area (Å²) < 4.78 is 6.53. The molecule has 3 heterocycles. The van der Waals surface area contributed by atoms with Gasteiger partial charge in [-0.15, -0.1) is 0 Å². The fraction of sp³-hybridized carbons (Fsp3) is 0.360. The summed E-state index contributed by atoms with van der Waals surface area (Å²) in [6.07, 6.45) is 5.28. The van der Waals surface area contributed by atoms with Gasteiger partial charge in [0.15, 0.2) is 0 Å². The summed E-state index contributed by atoms with van der Waals surface area (Å²) in [4.78, 5) is 23.4. The first-order chi connectivity index (χ1) is 15.6. The second-order valence-electron chi connectivity index (χ2n) is 8.44. The molecule has 2 aliphatic rings. The van der Waals surface area contributed by atoms with Crippen molar-refractivity contribution in [2.45, 2.75) is 38.2 Å². The number of rotatable bonds is 3. The van der Waals surface area contributed by atoms with E-state index in [0.29, 0.717) is 24.7 Å². The van der Waals surface area contributed by atoms with Gasteiger partial charge >= 0.3 is 6.03 Å². The van der Waals surface area contributed by atoms with Crippen LogP contribution < -0.4 is 10.2 Å². The number of hydroxylamine groups is 1. The van der Waals surface area contributed by atoms with Gasteiger partial charge in [0.2, 0.25) is 0 Å². The molecule has 166 valence electrons. The number of carbonyl (C=O) groups excluding carboxylic acids is 1. The molecule has 6 nitrogen and oxygen atoms in total. The zero-order valence-electron chi connectivity index (χ0n) is 18.1. The minimum Gasteiger partial charge on any atom is -0.487 e. The standard InChI is InChI=1S/C25H26ClN3O3/c1-2-31-28-24(30)29-14-11-25(12-15-29)10-9-19-16-18(6-8-21(19)32-25)20-7-5-17-4-3-13-27-23(17)22(20)26/h3-8,13,16H,2,9-12,14-15H2,1H3,(H,28,30). The Morgan fingerprint density at radius 2 is 2.06 bits per heavy atom. The van der Waals surface area contributed by atoms with Crippen LogP contribution >= 0.6 is 11.6 Å². The molecule has 1 fully saturated rings. The second kappa shape index (κ2) is 8.60. The molecule has 0 radical (unpaired) electrons. The zero-order chi connectivity index (χ0) is 22.1. The molecule has 5 rings (SSSR count). The molecule has 3 aromatic rings. The van der Waals surface area contributed by atoms with Crippen LogP contribution in [0.25, 0.3) is 22.0 Å². The van der Waals surface area contributed by atoms with Gasteiger partial charge in [-0.25, -0.2) is 10.3 Å². The molecule has 1 spiro atoms. The van der Waals surface area contributed by atoms with E-state index in [2.05, 4.69) is 40.8 Å². The monoisotopic (exact) mass is 451 g/mol. The van der Waals surface area contributed by atoms with E-state index >= 15 is 0 Å². The summed E-state index contributed by atoms with van der Waals surface area (Å²) in [5.41, 5.74) is 6.34. The van der Waals surface area contributed by atoms with E-state index in [1.807, 2.05) is 19.1 Å². The number of piperidine rings is 1. The van der Waals surface area contributed by atoms with Gasteiger partial charge in [0.25, 0.3) is 0 Å². The third-order valence-electron chi connectivity index (χ3n) is 6.53. The van der Waals surface area contributed by atoms with Crippen LogP contribution in [0, 0.1) is 0 Å². The molecule has 1 N–H and O–H groups in total. The molecule has 2 aliphatic heterocycles. The van der Waals surface area contributed by atoms with Gasteiger partial charge in [-0.2, -0.15) is 0 Å². The molecule has 0 aliphatic carbocycles. The molecule has 0 bridgehead atoms. The lowest BCUT2D eigenvalue weighted by molar-refractivity contribution is -0.0131. The largest absolute Gasteiger partial charge is 0.487 e. The average Bonchev–Trinajstić information content (AvgIpc) is 2.83. The van der Waals surface area contributed by atoms with Crippen LogP contribution in [0.2, 0.25) is 5.02 Å². The topological polar surface area (TPSA) is 63.7 Å². The molecule has 2 amide bonds. The van der Waals surface area contributed by atoms with Crippen molar-refractivity contribution in [2.24, 2.45) is 0 Å². The number of aromatic nitrogens is 1. The van der Waals surface area contributed by atoms with Gasteiger partial charge in [-0.05, 0) is 49.1 Å². The number of nitrogens with zero attached hydrogens (tertiary/aromatic N) is 2. The van der Waals surface area contributed by atoms with Crippen molar-refractivity contribution in [3.8, 4) is 16.9 Å². The number of pyridine rings is 1. The van der Waals surface area contributed by atoms with Crippen molar-refractivity contribution in [2.75, 3.05) is 19.7 Å². The predicted molar refractivity (Wildman–Crippen MR) is 125 cm³/mol. The van der Waals surface area contributed by atoms with Gasteiger partial charge in [-0.1, -0.05) is 35.9 Å². The number of ether oxygens (including phenoxy) is 1. The number of hydrogen-bond donors (Lipinski definition) is 1. The van der Waals surface area contributed by atoms with E-state index in [0.717, 1.165) is 53.5 Å². The van der Waals surface area contributed by atoms with Gasteiger partial charge in [0, 0.05) is 43.1 Å². The number of hydrogen-bond acceptors (Lipinski definition) is 4. The van der Waals surface area contributed by atoms with Gasteiger partial charge < -0.3 is 9.64 Å². The summed E-state index contributed by atoms with van der Waals surface area (Å²) >= 11 is 6.71. The first-order valence-electron chi connectivity index (χ1n) is 11.1. The van der Waals surface area contributed by atoms with E-state index in [1.54, 1.807) is 11.1 Å². The molecule has 0 saturated carbocycles. The summed E-state index contributed by atoms with van der Waals surface area (Å²) in [6, 6.07) is 14.2. The summed E-state index contributed by atoms with van der Waals surface area (Å²) in [7, 11) is 0. The lowest BCUT2D eigenvalue weighted by atomic mass is 9.82. The summed E-state index contributed by atoms with van der Waals surface area (Å²) in [5.74, 6) is 0.933. The molecular formula is C25H26ClN3O3. The van der Waals surface area contributed by atoms with Gasteiger partial charge in [0.05, 0.1) is 17.1 Å². The molecule has 0 unspecified atom stereocenters. The van der Waals surface area contributed by atoms with Crippen molar-refractivity contribution < 1.29 is 14.4 Å². The third kappa shape index (κ3) is 3.89. The number of halogens is 1. The number of aryl methyl sites for hydroxylation is 1. The second-order valence-corrected chi connectivity index (χ2v) is 8.82. The lowest BCUT2D eigenvalue weighted by Gasteiger charge is -2.44. The Hall–Kier alpha value is -2.83. The van der Waals surface area contributed by atoms with Crippen LogP contribution in [0.4, 0.5) is 4.79 Å². The zero-order valence-corrected chi connectivity index (χ0v) is 18.8. The lowest BCUT2D eigenvalue weighted by Crippen LogP contribution is -2.53. The predicted octanol–water partition coefficient (Wildman–Crippen LogP) is 5.38. The van der Waals surface area contributed by atoms with E-state index in [4.69, 9.17) is 21.2 Å². The van der Waals surface area contributed by atoms with Crippen molar-refractivity contribution in [1.29, 1.82) is 0 Å². The van der Waals surface area contributed by atoms with E-state index in [9.17, 15) is 4.79 Å². The molecule has 7 heteroatoms. The Kier molecular flexibility index (Phi) is 5.66. The first kappa shape index (κ1) is 21.0. The molecule has 0 atom stereocenters. The normalized spacial score (nSPS) is 17.1. The Morgan fingerprint density at radius 1 is 1.22 bits per heavy atom. The van der Waals surface area contributed by atoms with Crippen LogP contribution in [0.15, 0.2) is 48.7 Å². The third-order valence-corrected chi connectivity index (χ3v) is 6.91. The quantitative estimate of drug-likeness (QED) is 0.543. The number of carbonyl (C=O) groups is 1. The van der Waals surface area contributed by atoms with Crippen molar-refractivity contribution >= 4 is 28.5 Å². The highest BCUT2D eigenvalue weighted by Gasteiger charge is 2.40. The Morgan fingerprint density at radius 3 is 2.88 bits per heavy atom. The molecule has 32 heavy (non-hydrogen) atoms. The highest BCUT2D eigenvalue weighted by atomic mass is 35.5. The van der Waals surface area contributed by atoms with E-state index in [-0.39, 0.29) is 11.6 Å². The van der Waals surface area contributed by atoms with Gasteiger partial charge in [0.1, 0.15) is 11.4 Å². The average molecular weight is 452 g/mol. The van der Waals surface area contributed by atoms with Crippen LogP contribution in [0.3, 0.4) is 0 Å². The summed E-state index contributed by atoms with van der Waals surface area (Å²) in [6.45, 7) is 3.61. The Labute approximate surface area is 192 Å². The van der Waals surface area contributed by atoms with Crippen molar-refractivity contribution in [1.82, 2.24) is 15.4 Å². The summed E-state index contributed by atoms with van der Waals surface area (Å²) in [5, 5.41) is 1.71. The highest BCUT2D eigenvalue weighted by molar-refractivity contribution is 6.37. The van der Waals surface area contributed by atoms with Crippen molar-refractivity contribution in [3.63, 3.8) is 0 Å². The van der Waals surface area contributed by atoms with Crippen LogP contribution in [-0.2, 0) is 11.3 Å². The molecule has 1 saturated heterocycles. The van der Waals surface area contributed by atoms with Crippen LogP contribution in [0.1, 0.15) is 31.7 Å². The minimum absolute atomic E-state index is 0.177. The van der Waals surface area contributed by atoms with E-state index in [1.165, 1.54) is 5.56 Å². The minimum atomic E-state index is -0.207. The SMILES string of the molecule is CCONC(=O)N1CCC2(CCc3cc(-c4ccc5cccnc5c4Cl)ccc3O2)CC1. The Bertz CT molecular complexity index is 1160. The highest BCUT2D eigenvalue weighted by Crippen LogP contribution is 2.42. The Balaban J connectivity index is 1.33. The smallest absolute Gasteiger partial charge is 0.341 e. The number of fused-ring (bicyclic) bond motifs is 2. The van der Waals surface area contributed by atoms with Gasteiger partial charge in [-0.3, -0.25) is 9.82 Å². The van der Waals surface area contributed by atoms with E-state index < -0.39 is 0 Å². The number of nitrogens with one attached hydrogen (secondary N) is 1.